The van der Waals surface area contributed by atoms with Gasteiger partial charge >= 0.3 is 0 Å². The smallest absolute Gasteiger partial charge is 0.146 e. The van der Waals surface area contributed by atoms with Crippen molar-refractivity contribution in [3.05, 3.63) is 35.3 Å². The first-order chi connectivity index (χ1) is 11.8. The summed E-state index contributed by atoms with van der Waals surface area (Å²) in [4.78, 5) is 7.26. The Kier molecular flexibility index (Phi) is 4.78. The lowest BCUT2D eigenvalue weighted by Crippen LogP contribution is -2.21. The van der Waals surface area contributed by atoms with Gasteiger partial charge in [-0.2, -0.15) is 0 Å². The number of nitrogens with zero attached hydrogens (tertiary/aromatic N) is 4. The fourth-order valence-corrected chi connectivity index (χ4v) is 5.00. The zero-order valence-corrected chi connectivity index (χ0v) is 15.4. The molecule has 1 aromatic carbocycles. The Bertz CT molecular complexity index is 826. The molecule has 0 saturated carbocycles. The largest absolute Gasteiger partial charge is 0.303 e. The predicted octanol–water partition coefficient (Wildman–Crippen LogP) is 4.25. The molecular weight excluding hydrogens is 336 g/mol. The molecule has 3 heterocycles. The van der Waals surface area contributed by atoms with E-state index in [1.807, 2.05) is 18.2 Å². The third kappa shape index (κ3) is 3.31. The van der Waals surface area contributed by atoms with Crippen molar-refractivity contribution in [1.29, 1.82) is 0 Å². The molecule has 2 aromatic heterocycles. The Morgan fingerprint density at radius 1 is 1.12 bits per heavy atom. The molecule has 4 rings (SSSR count). The quantitative estimate of drug-likeness (QED) is 0.639. The van der Waals surface area contributed by atoms with E-state index < -0.39 is 0 Å². The topological polar surface area (TPSA) is 41.9 Å². The van der Waals surface area contributed by atoms with Gasteiger partial charge < -0.3 is 4.90 Å². The van der Waals surface area contributed by atoms with E-state index in [9.17, 15) is 0 Å². The lowest BCUT2D eigenvalue weighted by molar-refractivity contribution is 0.362. The number of likely N-dealkylation sites (tertiary alicyclic amines) is 1. The van der Waals surface area contributed by atoms with E-state index in [4.69, 9.17) is 4.98 Å². The standard InChI is InChI=1S/C18H20N4S2/c1-13-19-16-17(24-13)15(14-7-3-2-4-8-14)20-21-18(16)23-12-11-22-9-5-6-10-22/h2-4,7-8H,5-6,9-12H2,1H3. The van der Waals surface area contributed by atoms with Crippen molar-refractivity contribution in [2.24, 2.45) is 0 Å². The second kappa shape index (κ2) is 7.17. The van der Waals surface area contributed by atoms with Gasteiger partial charge in [0.15, 0.2) is 0 Å². The van der Waals surface area contributed by atoms with Crippen LogP contribution in [0.1, 0.15) is 17.8 Å². The first kappa shape index (κ1) is 16.0. The molecule has 0 amide bonds. The van der Waals surface area contributed by atoms with Crippen LogP contribution in [0.4, 0.5) is 0 Å². The van der Waals surface area contributed by atoms with Gasteiger partial charge in [-0.15, -0.1) is 33.3 Å². The number of benzene rings is 1. The average molecular weight is 357 g/mol. The van der Waals surface area contributed by atoms with Gasteiger partial charge in [0.05, 0.1) is 9.71 Å². The van der Waals surface area contributed by atoms with Gasteiger partial charge in [-0.3, -0.25) is 0 Å². The van der Waals surface area contributed by atoms with Gasteiger partial charge in [0.2, 0.25) is 0 Å². The second-order valence-corrected chi connectivity index (χ2v) is 8.31. The lowest BCUT2D eigenvalue weighted by atomic mass is 10.1. The fourth-order valence-electron chi connectivity index (χ4n) is 3.08. The summed E-state index contributed by atoms with van der Waals surface area (Å²) in [6, 6.07) is 10.3. The van der Waals surface area contributed by atoms with Crippen molar-refractivity contribution in [3.8, 4) is 11.3 Å². The fraction of sp³-hybridized carbons (Fsp3) is 0.389. The summed E-state index contributed by atoms with van der Waals surface area (Å²) < 4.78 is 1.15. The van der Waals surface area contributed by atoms with Crippen molar-refractivity contribution in [3.63, 3.8) is 0 Å². The van der Waals surface area contributed by atoms with Gasteiger partial charge in [-0.05, 0) is 32.9 Å². The highest BCUT2D eigenvalue weighted by Crippen LogP contribution is 2.35. The molecule has 1 saturated heterocycles. The van der Waals surface area contributed by atoms with Gasteiger partial charge in [0.25, 0.3) is 0 Å². The average Bonchev–Trinajstić information content (AvgIpc) is 3.25. The van der Waals surface area contributed by atoms with Crippen LogP contribution in [-0.2, 0) is 0 Å². The maximum atomic E-state index is 4.73. The SMILES string of the molecule is Cc1nc2c(SCCN3CCCC3)nnc(-c3ccccc3)c2s1. The maximum Gasteiger partial charge on any atom is 0.146 e. The molecule has 0 N–H and O–H groups in total. The highest BCUT2D eigenvalue weighted by Gasteiger charge is 2.16. The number of fused-ring (bicyclic) bond motifs is 1. The van der Waals surface area contributed by atoms with Crippen molar-refractivity contribution in [2.75, 3.05) is 25.4 Å². The van der Waals surface area contributed by atoms with Crippen LogP contribution >= 0.6 is 23.1 Å². The van der Waals surface area contributed by atoms with Crippen molar-refractivity contribution >= 4 is 33.3 Å². The van der Waals surface area contributed by atoms with Crippen molar-refractivity contribution in [2.45, 2.75) is 24.8 Å². The number of aryl methyl sites for hydroxylation is 1. The Morgan fingerprint density at radius 3 is 2.71 bits per heavy atom. The van der Waals surface area contributed by atoms with Crippen LogP contribution in [0, 0.1) is 6.92 Å². The van der Waals surface area contributed by atoms with Crippen molar-refractivity contribution < 1.29 is 0 Å². The zero-order chi connectivity index (χ0) is 16.4. The Labute approximate surface area is 150 Å². The highest BCUT2D eigenvalue weighted by atomic mass is 32.2. The van der Waals surface area contributed by atoms with Crippen LogP contribution in [0.15, 0.2) is 35.4 Å². The number of rotatable bonds is 5. The summed E-state index contributed by atoms with van der Waals surface area (Å²) in [5, 5.41) is 11.1. The Hall–Kier alpha value is -1.50. The molecule has 6 heteroatoms. The van der Waals surface area contributed by atoms with Gasteiger partial charge in [0.1, 0.15) is 16.2 Å². The summed E-state index contributed by atoms with van der Waals surface area (Å²) in [6.07, 6.45) is 2.68. The molecule has 1 aliphatic rings. The second-order valence-electron chi connectivity index (χ2n) is 6.03. The van der Waals surface area contributed by atoms with E-state index in [0.717, 1.165) is 43.8 Å². The summed E-state index contributed by atoms with van der Waals surface area (Å²) in [5.74, 6) is 1.05. The van der Waals surface area contributed by atoms with E-state index in [1.54, 1.807) is 23.1 Å². The normalized spacial score (nSPS) is 15.4. The number of thiazole rings is 1. The summed E-state index contributed by atoms with van der Waals surface area (Å²) in [6.45, 7) is 5.66. The first-order valence-electron chi connectivity index (χ1n) is 8.35. The Balaban J connectivity index is 1.60. The minimum Gasteiger partial charge on any atom is -0.303 e. The molecule has 24 heavy (non-hydrogen) atoms. The molecular formula is C18H20N4S2. The molecule has 0 atom stereocenters. The lowest BCUT2D eigenvalue weighted by Gasteiger charge is -2.13. The van der Waals surface area contributed by atoms with E-state index in [1.165, 1.54) is 25.9 Å². The first-order valence-corrected chi connectivity index (χ1v) is 10.2. The summed E-state index contributed by atoms with van der Waals surface area (Å²) >= 11 is 3.49. The molecule has 0 aliphatic carbocycles. The number of thioether (sulfide) groups is 1. The minimum absolute atomic E-state index is 0.945. The van der Waals surface area contributed by atoms with Gasteiger partial charge in [-0.1, -0.05) is 30.3 Å². The monoisotopic (exact) mass is 356 g/mol. The van der Waals surface area contributed by atoms with Crippen LogP contribution in [0.2, 0.25) is 0 Å². The number of aromatic nitrogens is 3. The molecule has 3 aromatic rings. The minimum atomic E-state index is 0.945. The Morgan fingerprint density at radius 2 is 1.92 bits per heavy atom. The maximum absolute atomic E-state index is 4.73. The summed E-state index contributed by atoms with van der Waals surface area (Å²) in [7, 11) is 0. The van der Waals surface area contributed by atoms with Crippen LogP contribution in [0.5, 0.6) is 0 Å². The van der Waals surface area contributed by atoms with Crippen molar-refractivity contribution in [1.82, 2.24) is 20.1 Å². The van der Waals surface area contributed by atoms with E-state index in [2.05, 4.69) is 34.2 Å². The molecule has 1 aliphatic heterocycles. The molecule has 0 unspecified atom stereocenters. The van der Waals surface area contributed by atoms with Crippen LogP contribution in [-0.4, -0.2) is 45.5 Å². The van der Waals surface area contributed by atoms with Gasteiger partial charge in [0, 0.05) is 17.9 Å². The highest BCUT2D eigenvalue weighted by molar-refractivity contribution is 7.99. The number of hydrogen-bond acceptors (Lipinski definition) is 6. The third-order valence-electron chi connectivity index (χ3n) is 4.28. The van der Waals surface area contributed by atoms with Gasteiger partial charge in [-0.25, -0.2) is 4.98 Å². The predicted molar refractivity (Wildman–Crippen MR) is 102 cm³/mol. The molecule has 4 nitrogen and oxygen atoms in total. The zero-order valence-electron chi connectivity index (χ0n) is 13.7. The van der Waals surface area contributed by atoms with E-state index in [0.29, 0.717) is 0 Å². The van der Waals surface area contributed by atoms with Crippen LogP contribution in [0.25, 0.3) is 21.5 Å². The molecule has 124 valence electrons. The van der Waals surface area contributed by atoms with E-state index in [-0.39, 0.29) is 0 Å². The number of hydrogen-bond donors (Lipinski definition) is 0. The van der Waals surface area contributed by atoms with Crippen LogP contribution < -0.4 is 0 Å². The molecule has 0 radical (unpaired) electrons. The molecule has 1 fully saturated rings. The third-order valence-corrected chi connectivity index (χ3v) is 6.20. The van der Waals surface area contributed by atoms with E-state index >= 15 is 0 Å². The molecule has 0 bridgehead atoms. The molecule has 0 spiro atoms. The summed E-state index contributed by atoms with van der Waals surface area (Å²) in [5.41, 5.74) is 3.06. The van der Waals surface area contributed by atoms with Crippen LogP contribution in [0.3, 0.4) is 0 Å².